The number of hydrogen-bond donors (Lipinski definition) is 1. The first kappa shape index (κ1) is 17.4. The summed E-state index contributed by atoms with van der Waals surface area (Å²) < 4.78 is 10.8. The van der Waals surface area contributed by atoms with Gasteiger partial charge < -0.3 is 19.5 Å². The van der Waals surface area contributed by atoms with Gasteiger partial charge in [0, 0.05) is 30.8 Å². The van der Waals surface area contributed by atoms with Crippen LogP contribution in [-0.4, -0.2) is 46.2 Å². The van der Waals surface area contributed by atoms with Crippen molar-refractivity contribution in [3.63, 3.8) is 0 Å². The Bertz CT molecular complexity index is 703. The first-order valence-electron chi connectivity index (χ1n) is 8.65. The van der Waals surface area contributed by atoms with Crippen molar-refractivity contribution in [2.24, 2.45) is 0 Å². The molecule has 25 heavy (non-hydrogen) atoms. The molecule has 0 unspecified atom stereocenters. The lowest BCUT2D eigenvalue weighted by atomic mass is 10.1. The van der Waals surface area contributed by atoms with Crippen molar-refractivity contribution in [2.45, 2.75) is 45.9 Å². The molecule has 1 amide bonds. The molecular formula is C18H24N4O3. The predicted octanol–water partition coefficient (Wildman–Crippen LogP) is 2.49. The van der Waals surface area contributed by atoms with Gasteiger partial charge in [-0.15, -0.1) is 0 Å². The highest BCUT2D eigenvalue weighted by Gasteiger charge is 2.26. The molecule has 0 aliphatic carbocycles. The molecule has 3 rings (SSSR count). The van der Waals surface area contributed by atoms with Gasteiger partial charge in [0.25, 0.3) is 5.91 Å². The van der Waals surface area contributed by atoms with E-state index in [-0.39, 0.29) is 18.1 Å². The zero-order chi connectivity index (χ0) is 17.8. The molecule has 2 aromatic rings. The molecule has 134 valence electrons. The van der Waals surface area contributed by atoms with Crippen LogP contribution in [0.4, 0.5) is 5.69 Å². The van der Waals surface area contributed by atoms with Crippen LogP contribution in [0.1, 0.15) is 42.8 Å². The monoisotopic (exact) mass is 344 g/mol. The van der Waals surface area contributed by atoms with Gasteiger partial charge in [-0.25, -0.2) is 0 Å². The SMILES string of the molecule is CCc1nc(CNc2ccc(C(=O)N3C[C@@H](C)O[C@@H](C)C3)cc2)no1. The summed E-state index contributed by atoms with van der Waals surface area (Å²) in [4.78, 5) is 18.7. The van der Waals surface area contributed by atoms with E-state index in [1.165, 1.54) is 0 Å². The van der Waals surface area contributed by atoms with E-state index in [2.05, 4.69) is 15.5 Å². The second-order valence-corrected chi connectivity index (χ2v) is 6.36. The van der Waals surface area contributed by atoms with Gasteiger partial charge in [-0.3, -0.25) is 4.79 Å². The number of hydrogen-bond acceptors (Lipinski definition) is 6. The third kappa shape index (κ3) is 4.36. The van der Waals surface area contributed by atoms with Crippen molar-refractivity contribution in [3.8, 4) is 0 Å². The molecule has 0 spiro atoms. The Morgan fingerprint density at radius 1 is 1.24 bits per heavy atom. The van der Waals surface area contributed by atoms with E-state index < -0.39 is 0 Å². The molecule has 7 heteroatoms. The van der Waals surface area contributed by atoms with Crippen LogP contribution < -0.4 is 5.32 Å². The van der Waals surface area contributed by atoms with Gasteiger partial charge in [-0.2, -0.15) is 4.98 Å². The Labute approximate surface area is 147 Å². The fourth-order valence-corrected chi connectivity index (χ4v) is 2.94. The molecule has 1 aromatic heterocycles. The zero-order valence-corrected chi connectivity index (χ0v) is 14.9. The van der Waals surface area contributed by atoms with Crippen molar-refractivity contribution in [2.75, 3.05) is 18.4 Å². The fraction of sp³-hybridized carbons (Fsp3) is 0.500. The number of carbonyl (C=O) groups is 1. The van der Waals surface area contributed by atoms with E-state index >= 15 is 0 Å². The standard InChI is InChI=1S/C18H24N4O3/c1-4-17-20-16(21-25-17)9-19-15-7-5-14(6-8-15)18(23)22-10-12(2)24-13(3)11-22/h5-8,12-13,19H,4,9-11H2,1-3H3/t12-,13+. The number of benzene rings is 1. The maximum atomic E-state index is 12.6. The first-order chi connectivity index (χ1) is 12.0. The summed E-state index contributed by atoms with van der Waals surface area (Å²) in [5, 5.41) is 7.13. The number of morpholine rings is 1. The van der Waals surface area contributed by atoms with Crippen LogP contribution in [-0.2, 0) is 17.7 Å². The molecule has 1 aromatic carbocycles. The zero-order valence-electron chi connectivity index (χ0n) is 14.9. The number of aryl methyl sites for hydroxylation is 1. The van der Waals surface area contributed by atoms with E-state index in [4.69, 9.17) is 9.26 Å². The largest absolute Gasteiger partial charge is 0.378 e. The molecule has 1 saturated heterocycles. The average Bonchev–Trinajstić information content (AvgIpc) is 3.07. The lowest BCUT2D eigenvalue weighted by molar-refractivity contribution is -0.0586. The minimum atomic E-state index is 0.0410. The normalized spacial score (nSPS) is 20.5. The molecule has 2 atom stereocenters. The van der Waals surface area contributed by atoms with Crippen LogP contribution in [0.2, 0.25) is 0 Å². The first-order valence-corrected chi connectivity index (χ1v) is 8.65. The maximum Gasteiger partial charge on any atom is 0.254 e. The Hall–Kier alpha value is -2.41. The van der Waals surface area contributed by atoms with E-state index in [1.54, 1.807) is 0 Å². The summed E-state index contributed by atoms with van der Waals surface area (Å²) in [6, 6.07) is 7.45. The van der Waals surface area contributed by atoms with Gasteiger partial charge in [0.15, 0.2) is 5.82 Å². The number of anilines is 1. The third-order valence-corrected chi connectivity index (χ3v) is 4.10. The van der Waals surface area contributed by atoms with Crippen molar-refractivity contribution in [1.29, 1.82) is 0 Å². The molecule has 2 heterocycles. The number of aromatic nitrogens is 2. The topological polar surface area (TPSA) is 80.5 Å². The lowest BCUT2D eigenvalue weighted by Gasteiger charge is -2.35. The lowest BCUT2D eigenvalue weighted by Crippen LogP contribution is -2.48. The summed E-state index contributed by atoms with van der Waals surface area (Å²) in [5.41, 5.74) is 1.59. The Kier molecular flexibility index (Phi) is 5.33. The van der Waals surface area contributed by atoms with Crippen LogP contribution in [0, 0.1) is 0 Å². The van der Waals surface area contributed by atoms with Gasteiger partial charge in [0.05, 0.1) is 18.8 Å². The molecule has 1 N–H and O–H groups in total. The van der Waals surface area contributed by atoms with Crippen LogP contribution in [0.25, 0.3) is 0 Å². The molecule has 0 radical (unpaired) electrons. The highest BCUT2D eigenvalue weighted by molar-refractivity contribution is 5.94. The van der Waals surface area contributed by atoms with Gasteiger partial charge in [0.1, 0.15) is 0 Å². The number of nitrogens with one attached hydrogen (secondary N) is 1. The predicted molar refractivity (Wildman–Crippen MR) is 93.4 cm³/mol. The van der Waals surface area contributed by atoms with Gasteiger partial charge in [-0.1, -0.05) is 12.1 Å². The van der Waals surface area contributed by atoms with Crippen molar-refractivity contribution < 1.29 is 14.1 Å². The number of rotatable bonds is 5. The summed E-state index contributed by atoms with van der Waals surface area (Å²) in [5.74, 6) is 1.29. The smallest absolute Gasteiger partial charge is 0.254 e. The minimum Gasteiger partial charge on any atom is -0.378 e. The van der Waals surface area contributed by atoms with Crippen molar-refractivity contribution in [3.05, 3.63) is 41.5 Å². The van der Waals surface area contributed by atoms with Gasteiger partial charge in [0.2, 0.25) is 5.89 Å². The Morgan fingerprint density at radius 3 is 2.52 bits per heavy atom. The fourth-order valence-electron chi connectivity index (χ4n) is 2.94. The van der Waals surface area contributed by atoms with Gasteiger partial charge >= 0.3 is 0 Å². The summed E-state index contributed by atoms with van der Waals surface area (Å²) in [6.45, 7) is 7.68. The third-order valence-electron chi connectivity index (χ3n) is 4.10. The average molecular weight is 344 g/mol. The molecule has 0 saturated carbocycles. The van der Waals surface area contributed by atoms with Gasteiger partial charge in [-0.05, 0) is 38.1 Å². The summed E-state index contributed by atoms with van der Waals surface area (Å²) in [6.07, 6.45) is 0.857. The van der Waals surface area contributed by atoms with E-state index in [9.17, 15) is 4.79 Å². The number of amides is 1. The Balaban J connectivity index is 1.58. The number of carbonyl (C=O) groups excluding carboxylic acids is 1. The van der Waals surface area contributed by atoms with E-state index in [1.807, 2.05) is 49.9 Å². The molecular weight excluding hydrogens is 320 g/mol. The second kappa shape index (κ2) is 7.65. The summed E-state index contributed by atoms with van der Waals surface area (Å²) in [7, 11) is 0. The van der Waals surface area contributed by atoms with Crippen LogP contribution in [0.3, 0.4) is 0 Å². The maximum absolute atomic E-state index is 12.6. The molecule has 1 aliphatic rings. The number of ether oxygens (including phenoxy) is 1. The molecule has 7 nitrogen and oxygen atoms in total. The van der Waals surface area contributed by atoms with E-state index in [0.29, 0.717) is 36.9 Å². The van der Waals surface area contributed by atoms with Crippen molar-refractivity contribution in [1.82, 2.24) is 15.0 Å². The van der Waals surface area contributed by atoms with Crippen LogP contribution >= 0.6 is 0 Å². The molecule has 0 bridgehead atoms. The summed E-state index contributed by atoms with van der Waals surface area (Å²) >= 11 is 0. The second-order valence-electron chi connectivity index (χ2n) is 6.36. The number of nitrogens with zero attached hydrogens (tertiary/aromatic N) is 3. The van der Waals surface area contributed by atoms with E-state index in [0.717, 1.165) is 12.1 Å². The van der Waals surface area contributed by atoms with Crippen LogP contribution in [0.15, 0.2) is 28.8 Å². The molecule has 1 fully saturated rings. The van der Waals surface area contributed by atoms with Crippen molar-refractivity contribution >= 4 is 11.6 Å². The Morgan fingerprint density at radius 2 is 1.92 bits per heavy atom. The van der Waals surface area contributed by atoms with Crippen LogP contribution in [0.5, 0.6) is 0 Å². The highest BCUT2D eigenvalue weighted by Crippen LogP contribution is 2.16. The minimum absolute atomic E-state index is 0.0410. The quantitative estimate of drug-likeness (QED) is 0.897. The highest BCUT2D eigenvalue weighted by atomic mass is 16.5. The molecule has 1 aliphatic heterocycles.